The molecule has 136 valence electrons. The van der Waals surface area contributed by atoms with Crippen molar-refractivity contribution in [2.75, 3.05) is 0 Å². The number of benzene rings is 2. The highest BCUT2D eigenvalue weighted by atomic mass is 16.5. The summed E-state index contributed by atoms with van der Waals surface area (Å²) in [5.74, 6) is 0.562. The molecule has 26 heavy (non-hydrogen) atoms. The van der Waals surface area contributed by atoms with Crippen molar-refractivity contribution in [2.45, 2.75) is 45.3 Å². The van der Waals surface area contributed by atoms with E-state index in [4.69, 9.17) is 4.74 Å². The van der Waals surface area contributed by atoms with Crippen LogP contribution in [-0.2, 0) is 6.42 Å². The summed E-state index contributed by atoms with van der Waals surface area (Å²) in [6.07, 6.45) is 0.491. The lowest BCUT2D eigenvalue weighted by molar-refractivity contribution is 0.0487. The molecule has 0 unspecified atom stereocenters. The van der Waals surface area contributed by atoms with Gasteiger partial charge in [0.2, 0.25) is 0 Å². The number of fused-ring (bicyclic) bond motifs is 2. The van der Waals surface area contributed by atoms with Crippen LogP contribution < -0.4 is 4.74 Å². The van der Waals surface area contributed by atoms with E-state index in [1.54, 1.807) is 36.4 Å². The predicted molar refractivity (Wildman–Crippen MR) is 97.0 cm³/mol. The Morgan fingerprint density at radius 3 is 1.54 bits per heavy atom. The lowest BCUT2D eigenvalue weighted by Gasteiger charge is -2.23. The van der Waals surface area contributed by atoms with Gasteiger partial charge < -0.3 is 14.9 Å². The molecule has 0 saturated heterocycles. The zero-order valence-electron chi connectivity index (χ0n) is 15.3. The Morgan fingerprint density at radius 2 is 1.19 bits per heavy atom. The number of Topliss-reactive ketones (excluding diaryl/α,β-unsaturated/α-hetero) is 2. The minimum atomic E-state index is -1.45. The van der Waals surface area contributed by atoms with Gasteiger partial charge in [-0.2, -0.15) is 0 Å². The highest BCUT2D eigenvalue weighted by molar-refractivity contribution is 6.02. The van der Waals surface area contributed by atoms with Crippen LogP contribution in [0.5, 0.6) is 11.5 Å². The van der Waals surface area contributed by atoms with Crippen molar-refractivity contribution in [1.29, 1.82) is 0 Å². The fourth-order valence-electron chi connectivity index (χ4n) is 2.95. The Bertz CT molecular complexity index is 824. The number of aliphatic hydroxyl groups is 2. The van der Waals surface area contributed by atoms with Gasteiger partial charge in [0, 0.05) is 28.7 Å². The molecule has 5 heteroatoms. The van der Waals surface area contributed by atoms with Crippen LogP contribution in [0.4, 0.5) is 0 Å². The molecule has 0 radical (unpaired) electrons. The number of hydrogen-bond acceptors (Lipinski definition) is 5. The fourth-order valence-corrected chi connectivity index (χ4v) is 2.95. The Labute approximate surface area is 152 Å². The Balaban J connectivity index is 1.95. The summed E-state index contributed by atoms with van der Waals surface area (Å²) in [5.41, 5.74) is -0.470. The van der Waals surface area contributed by atoms with E-state index in [1.807, 2.05) is 0 Å². The Hall–Kier alpha value is -2.50. The van der Waals surface area contributed by atoms with Gasteiger partial charge in [-0.25, -0.2) is 0 Å². The van der Waals surface area contributed by atoms with E-state index >= 15 is 0 Å². The molecule has 0 atom stereocenters. The van der Waals surface area contributed by atoms with Crippen LogP contribution in [0.2, 0.25) is 0 Å². The molecular formula is C21H22O5. The number of carbonyl (C=O) groups excluding carboxylic acids is 2. The van der Waals surface area contributed by atoms with Crippen molar-refractivity contribution >= 4 is 11.6 Å². The van der Waals surface area contributed by atoms with E-state index in [2.05, 4.69) is 0 Å². The molecule has 0 bridgehead atoms. The van der Waals surface area contributed by atoms with Crippen LogP contribution >= 0.6 is 0 Å². The Morgan fingerprint density at radius 1 is 0.808 bits per heavy atom. The number of ether oxygens (including phenoxy) is 1. The predicted octanol–water partition coefficient (Wildman–Crippen LogP) is 3.29. The largest absolute Gasteiger partial charge is 0.457 e. The summed E-state index contributed by atoms with van der Waals surface area (Å²) >= 11 is 0. The second-order valence-corrected chi connectivity index (χ2v) is 7.70. The maximum absolute atomic E-state index is 12.3. The summed E-state index contributed by atoms with van der Waals surface area (Å²) in [6.45, 7) is 5.81. The molecule has 0 aromatic heterocycles. The maximum atomic E-state index is 12.3. The van der Waals surface area contributed by atoms with Crippen LogP contribution in [0.3, 0.4) is 0 Å². The summed E-state index contributed by atoms with van der Waals surface area (Å²) < 4.78 is 5.87. The third-order valence-electron chi connectivity index (χ3n) is 4.36. The molecule has 0 saturated carbocycles. The zero-order valence-corrected chi connectivity index (χ0v) is 15.3. The van der Waals surface area contributed by atoms with Crippen LogP contribution in [0.15, 0.2) is 36.4 Å². The first-order valence-corrected chi connectivity index (χ1v) is 8.45. The van der Waals surface area contributed by atoms with E-state index < -0.39 is 11.2 Å². The second kappa shape index (κ2) is 6.04. The smallest absolute Gasteiger partial charge is 0.193 e. The fraction of sp³-hybridized carbons (Fsp3) is 0.333. The SMILES string of the molecule is CC(C)(O)C(=O)c1ccc2c(c1)Cc1cc(C(=O)C(C)(C)O)ccc1O2. The molecule has 0 fully saturated rings. The van der Waals surface area contributed by atoms with Crippen LogP contribution in [-0.4, -0.2) is 33.0 Å². The molecule has 5 nitrogen and oxygen atoms in total. The van der Waals surface area contributed by atoms with Gasteiger partial charge in [0.05, 0.1) is 0 Å². The molecule has 3 rings (SSSR count). The van der Waals surface area contributed by atoms with Crippen LogP contribution in [0.1, 0.15) is 59.5 Å². The van der Waals surface area contributed by atoms with Crippen molar-refractivity contribution in [1.82, 2.24) is 0 Å². The lowest BCUT2D eigenvalue weighted by Crippen LogP contribution is -2.31. The monoisotopic (exact) mass is 354 g/mol. The number of ketones is 2. The Kier molecular flexibility index (Phi) is 4.25. The quantitative estimate of drug-likeness (QED) is 0.703. The van der Waals surface area contributed by atoms with Gasteiger partial charge >= 0.3 is 0 Å². The summed E-state index contributed by atoms with van der Waals surface area (Å²) in [5, 5.41) is 19.9. The highest BCUT2D eigenvalue weighted by Crippen LogP contribution is 2.38. The molecule has 0 amide bonds. The number of carbonyl (C=O) groups is 2. The summed E-state index contributed by atoms with van der Waals surface area (Å²) in [4.78, 5) is 24.6. The third-order valence-corrected chi connectivity index (χ3v) is 4.36. The zero-order chi connectivity index (χ0) is 19.3. The van der Waals surface area contributed by atoms with Crippen molar-refractivity contribution < 1.29 is 24.5 Å². The van der Waals surface area contributed by atoms with E-state index in [0.29, 0.717) is 29.0 Å². The van der Waals surface area contributed by atoms with Gasteiger partial charge in [0.1, 0.15) is 22.7 Å². The molecule has 1 aliphatic heterocycles. The average Bonchev–Trinajstić information content (AvgIpc) is 2.56. The van der Waals surface area contributed by atoms with Gasteiger partial charge in [0.15, 0.2) is 11.6 Å². The first-order valence-electron chi connectivity index (χ1n) is 8.45. The topological polar surface area (TPSA) is 83.8 Å². The van der Waals surface area contributed by atoms with Crippen molar-refractivity contribution in [3.8, 4) is 11.5 Å². The molecule has 0 spiro atoms. The van der Waals surface area contributed by atoms with Gasteiger partial charge in [-0.05, 0) is 64.1 Å². The number of rotatable bonds is 4. The number of hydrogen-bond donors (Lipinski definition) is 2. The highest BCUT2D eigenvalue weighted by Gasteiger charge is 2.29. The second-order valence-electron chi connectivity index (χ2n) is 7.70. The minimum absolute atomic E-state index is 0.364. The van der Waals surface area contributed by atoms with Gasteiger partial charge in [-0.1, -0.05) is 0 Å². The van der Waals surface area contributed by atoms with Crippen LogP contribution in [0.25, 0.3) is 0 Å². The normalized spacial score (nSPS) is 13.5. The summed E-state index contributed by atoms with van der Waals surface area (Å²) in [6, 6.07) is 10.1. The minimum Gasteiger partial charge on any atom is -0.457 e. The first-order chi connectivity index (χ1) is 12.0. The van der Waals surface area contributed by atoms with Crippen molar-refractivity contribution in [2.24, 2.45) is 0 Å². The van der Waals surface area contributed by atoms with Crippen molar-refractivity contribution in [3.05, 3.63) is 58.7 Å². The van der Waals surface area contributed by atoms with E-state index in [-0.39, 0.29) is 11.6 Å². The maximum Gasteiger partial charge on any atom is 0.193 e. The molecular weight excluding hydrogens is 332 g/mol. The average molecular weight is 354 g/mol. The van der Waals surface area contributed by atoms with E-state index in [9.17, 15) is 19.8 Å². The lowest BCUT2D eigenvalue weighted by atomic mass is 9.90. The molecule has 2 aromatic carbocycles. The van der Waals surface area contributed by atoms with Crippen molar-refractivity contribution in [3.63, 3.8) is 0 Å². The third kappa shape index (κ3) is 3.41. The molecule has 1 aliphatic rings. The van der Waals surface area contributed by atoms with Crippen LogP contribution in [0, 0.1) is 0 Å². The van der Waals surface area contributed by atoms with E-state index in [1.165, 1.54) is 27.7 Å². The van der Waals surface area contributed by atoms with E-state index in [0.717, 1.165) is 11.1 Å². The molecule has 2 aromatic rings. The molecule has 0 aliphatic carbocycles. The van der Waals surface area contributed by atoms with Gasteiger partial charge in [-0.15, -0.1) is 0 Å². The summed E-state index contributed by atoms with van der Waals surface area (Å²) in [7, 11) is 0. The molecule has 1 heterocycles. The molecule has 2 N–H and O–H groups in total. The van der Waals surface area contributed by atoms with Gasteiger partial charge in [-0.3, -0.25) is 9.59 Å². The standard InChI is InChI=1S/C21H22O5/c1-20(2,24)18(22)12-5-7-16-14(9-12)11-15-10-13(6-8-17(15)26-16)19(23)21(3,4)25/h5-10,24-25H,11H2,1-4H3. The van der Waals surface area contributed by atoms with Gasteiger partial charge in [0.25, 0.3) is 0 Å². The first kappa shape index (κ1) is 18.3.